The van der Waals surface area contributed by atoms with Gasteiger partial charge in [0.15, 0.2) is 0 Å². The highest BCUT2D eigenvalue weighted by Gasteiger charge is 2.04. The van der Waals surface area contributed by atoms with Gasteiger partial charge >= 0.3 is 5.97 Å². The zero-order valence-electron chi connectivity index (χ0n) is 11.5. The molecule has 110 valence electrons. The molecule has 0 fully saturated rings. The molecule has 0 aliphatic carbocycles. The summed E-state index contributed by atoms with van der Waals surface area (Å²) in [6.45, 7) is 0.586. The Morgan fingerprint density at radius 1 is 1.19 bits per heavy atom. The maximum absolute atomic E-state index is 11.8. The van der Waals surface area contributed by atoms with Gasteiger partial charge in [-0.1, -0.05) is 12.1 Å². The van der Waals surface area contributed by atoms with Crippen molar-refractivity contribution in [2.45, 2.75) is 25.8 Å². The fourth-order valence-electron chi connectivity index (χ4n) is 1.88. The third-order valence-electron chi connectivity index (χ3n) is 3.02. The van der Waals surface area contributed by atoms with Gasteiger partial charge in [0.05, 0.1) is 6.33 Å². The Balaban J connectivity index is 1.79. The molecule has 21 heavy (non-hydrogen) atoms. The van der Waals surface area contributed by atoms with Crippen molar-refractivity contribution >= 4 is 17.6 Å². The normalized spacial score (nSPS) is 10.3. The van der Waals surface area contributed by atoms with Gasteiger partial charge in [0.1, 0.15) is 0 Å². The standard InChI is InChI=1S/C15H17N3O3/c19-14(7-9-18-10-8-16-11-18)17-13-4-1-12(2-5-13)3-6-15(20)21/h1-2,4-5,8,10-11H,3,6-7,9H2,(H,17,19)(H,20,21). The van der Waals surface area contributed by atoms with Crippen molar-refractivity contribution < 1.29 is 14.7 Å². The van der Waals surface area contributed by atoms with E-state index in [4.69, 9.17) is 5.11 Å². The van der Waals surface area contributed by atoms with Crippen LogP contribution in [0.25, 0.3) is 0 Å². The van der Waals surface area contributed by atoms with Crippen LogP contribution in [0.1, 0.15) is 18.4 Å². The molecule has 0 bridgehead atoms. The molecule has 1 amide bonds. The third kappa shape index (κ3) is 5.10. The van der Waals surface area contributed by atoms with E-state index in [0.717, 1.165) is 5.56 Å². The van der Waals surface area contributed by atoms with Gasteiger partial charge in [0.2, 0.25) is 5.91 Å². The minimum Gasteiger partial charge on any atom is -0.481 e. The van der Waals surface area contributed by atoms with Crippen LogP contribution in [0.5, 0.6) is 0 Å². The molecule has 2 N–H and O–H groups in total. The van der Waals surface area contributed by atoms with E-state index in [1.807, 2.05) is 22.9 Å². The average Bonchev–Trinajstić information content (AvgIpc) is 2.98. The number of aryl methyl sites for hydroxylation is 2. The highest BCUT2D eigenvalue weighted by Crippen LogP contribution is 2.11. The van der Waals surface area contributed by atoms with Crippen molar-refractivity contribution in [1.82, 2.24) is 9.55 Å². The number of nitrogens with one attached hydrogen (secondary N) is 1. The third-order valence-corrected chi connectivity index (χ3v) is 3.02. The Hall–Kier alpha value is -2.63. The Morgan fingerprint density at radius 3 is 2.57 bits per heavy atom. The van der Waals surface area contributed by atoms with Gasteiger partial charge < -0.3 is 15.0 Å². The van der Waals surface area contributed by atoms with E-state index in [-0.39, 0.29) is 12.3 Å². The number of hydrogen-bond donors (Lipinski definition) is 2. The van der Waals surface area contributed by atoms with Gasteiger partial charge in [-0.3, -0.25) is 9.59 Å². The van der Waals surface area contributed by atoms with Crippen LogP contribution in [0.4, 0.5) is 5.69 Å². The smallest absolute Gasteiger partial charge is 0.303 e. The summed E-state index contributed by atoms with van der Waals surface area (Å²) in [6, 6.07) is 7.22. The van der Waals surface area contributed by atoms with Crippen LogP contribution >= 0.6 is 0 Å². The predicted octanol–water partition coefficient (Wildman–Crippen LogP) is 1.93. The van der Waals surface area contributed by atoms with Gasteiger partial charge in [-0.05, 0) is 24.1 Å². The summed E-state index contributed by atoms with van der Waals surface area (Å²) in [5.74, 6) is -0.881. The van der Waals surface area contributed by atoms with Crippen LogP contribution in [0, 0.1) is 0 Å². The fourth-order valence-corrected chi connectivity index (χ4v) is 1.88. The number of carboxylic acid groups (broad SMARTS) is 1. The zero-order chi connectivity index (χ0) is 15.1. The molecule has 0 aliphatic rings. The SMILES string of the molecule is O=C(O)CCc1ccc(NC(=O)CCn2ccnc2)cc1. The molecule has 0 spiro atoms. The lowest BCUT2D eigenvalue weighted by molar-refractivity contribution is -0.137. The van der Waals surface area contributed by atoms with Crippen molar-refractivity contribution in [2.75, 3.05) is 5.32 Å². The number of nitrogens with zero attached hydrogens (tertiary/aromatic N) is 2. The molecule has 0 saturated heterocycles. The molecular weight excluding hydrogens is 270 g/mol. The summed E-state index contributed by atoms with van der Waals surface area (Å²) >= 11 is 0. The van der Waals surface area contributed by atoms with Crippen molar-refractivity contribution in [1.29, 1.82) is 0 Å². The Bertz CT molecular complexity index is 591. The Morgan fingerprint density at radius 2 is 1.95 bits per heavy atom. The number of hydrogen-bond acceptors (Lipinski definition) is 3. The molecule has 2 rings (SSSR count). The quantitative estimate of drug-likeness (QED) is 0.815. The minimum absolute atomic E-state index is 0.0676. The van der Waals surface area contributed by atoms with Crippen LogP contribution in [0.3, 0.4) is 0 Å². The van der Waals surface area contributed by atoms with Crippen LogP contribution in [-0.2, 0) is 22.6 Å². The van der Waals surface area contributed by atoms with E-state index in [2.05, 4.69) is 10.3 Å². The number of aromatic nitrogens is 2. The molecule has 0 radical (unpaired) electrons. The van der Waals surface area contributed by atoms with Crippen LogP contribution in [-0.4, -0.2) is 26.5 Å². The topological polar surface area (TPSA) is 84.2 Å². The van der Waals surface area contributed by atoms with Crippen molar-refractivity contribution in [3.8, 4) is 0 Å². The second-order valence-electron chi connectivity index (χ2n) is 4.69. The van der Waals surface area contributed by atoms with E-state index in [0.29, 0.717) is 25.1 Å². The summed E-state index contributed by atoms with van der Waals surface area (Å²) < 4.78 is 1.84. The summed E-state index contributed by atoms with van der Waals surface area (Å²) in [4.78, 5) is 26.2. The molecule has 0 unspecified atom stereocenters. The number of aliphatic carboxylic acids is 1. The van der Waals surface area contributed by atoms with E-state index in [9.17, 15) is 9.59 Å². The largest absolute Gasteiger partial charge is 0.481 e. The first-order valence-electron chi connectivity index (χ1n) is 6.70. The van der Waals surface area contributed by atoms with E-state index >= 15 is 0 Å². The molecule has 0 saturated carbocycles. The van der Waals surface area contributed by atoms with Crippen molar-refractivity contribution in [2.24, 2.45) is 0 Å². The fraction of sp³-hybridized carbons (Fsp3) is 0.267. The number of imidazole rings is 1. The molecule has 6 nitrogen and oxygen atoms in total. The predicted molar refractivity (Wildman–Crippen MR) is 77.9 cm³/mol. The monoisotopic (exact) mass is 287 g/mol. The number of carboxylic acids is 1. The highest BCUT2D eigenvalue weighted by molar-refractivity contribution is 5.90. The average molecular weight is 287 g/mol. The van der Waals surface area contributed by atoms with E-state index < -0.39 is 5.97 Å². The lowest BCUT2D eigenvalue weighted by atomic mass is 10.1. The van der Waals surface area contributed by atoms with Gasteiger partial charge in [-0.25, -0.2) is 4.98 Å². The van der Waals surface area contributed by atoms with Gasteiger partial charge in [-0.2, -0.15) is 0 Å². The molecule has 1 aromatic heterocycles. The second kappa shape index (κ2) is 7.23. The van der Waals surface area contributed by atoms with E-state index in [1.165, 1.54) is 0 Å². The molecule has 1 heterocycles. The highest BCUT2D eigenvalue weighted by atomic mass is 16.4. The minimum atomic E-state index is -0.813. The first kappa shape index (κ1) is 14.8. The number of carbonyl (C=O) groups excluding carboxylic acids is 1. The number of anilines is 1. The molecule has 1 aromatic carbocycles. The molecule has 6 heteroatoms. The molecule has 0 aliphatic heterocycles. The Labute approximate surface area is 122 Å². The first-order chi connectivity index (χ1) is 10.1. The molecular formula is C15H17N3O3. The summed E-state index contributed by atoms with van der Waals surface area (Å²) in [6.07, 6.45) is 6.13. The number of benzene rings is 1. The zero-order valence-corrected chi connectivity index (χ0v) is 11.5. The number of rotatable bonds is 7. The first-order valence-corrected chi connectivity index (χ1v) is 6.70. The lowest BCUT2D eigenvalue weighted by Crippen LogP contribution is -2.14. The summed E-state index contributed by atoms with van der Waals surface area (Å²) in [5.41, 5.74) is 1.65. The summed E-state index contributed by atoms with van der Waals surface area (Å²) in [5, 5.41) is 11.4. The number of carbonyl (C=O) groups is 2. The van der Waals surface area contributed by atoms with Gasteiger partial charge in [-0.15, -0.1) is 0 Å². The molecule has 0 atom stereocenters. The van der Waals surface area contributed by atoms with Gasteiger partial charge in [0.25, 0.3) is 0 Å². The van der Waals surface area contributed by atoms with Crippen LogP contribution in [0.2, 0.25) is 0 Å². The second-order valence-corrected chi connectivity index (χ2v) is 4.69. The van der Waals surface area contributed by atoms with E-state index in [1.54, 1.807) is 24.7 Å². The van der Waals surface area contributed by atoms with Gasteiger partial charge in [0, 0.05) is 37.5 Å². The van der Waals surface area contributed by atoms with Crippen molar-refractivity contribution in [3.63, 3.8) is 0 Å². The maximum Gasteiger partial charge on any atom is 0.303 e. The maximum atomic E-state index is 11.8. The van der Waals surface area contributed by atoms with Crippen molar-refractivity contribution in [3.05, 3.63) is 48.5 Å². The van der Waals surface area contributed by atoms with Crippen LogP contribution in [0.15, 0.2) is 43.0 Å². The number of amides is 1. The lowest BCUT2D eigenvalue weighted by Gasteiger charge is -2.06. The Kier molecular flexibility index (Phi) is 5.09. The van der Waals surface area contributed by atoms with Crippen LogP contribution < -0.4 is 5.32 Å². The molecule has 2 aromatic rings. The summed E-state index contributed by atoms with van der Waals surface area (Å²) in [7, 11) is 0.